The Morgan fingerprint density at radius 2 is 1.92 bits per heavy atom. The molecule has 124 valence electrons. The fraction of sp³-hybridized carbons (Fsp3) is 0.278. The van der Waals surface area contributed by atoms with Crippen LogP contribution in [0.1, 0.15) is 16.0 Å². The van der Waals surface area contributed by atoms with Gasteiger partial charge in [0, 0.05) is 17.6 Å². The highest BCUT2D eigenvalue weighted by Gasteiger charge is 2.15. The van der Waals surface area contributed by atoms with Gasteiger partial charge in [-0.3, -0.25) is 4.79 Å². The van der Waals surface area contributed by atoms with Crippen LogP contribution in [0.5, 0.6) is 0 Å². The maximum absolute atomic E-state index is 12.4. The summed E-state index contributed by atoms with van der Waals surface area (Å²) in [5.74, 6) is 0.717. The van der Waals surface area contributed by atoms with Crippen LogP contribution in [0.3, 0.4) is 0 Å². The van der Waals surface area contributed by atoms with Crippen LogP contribution in [-0.2, 0) is 4.79 Å². The van der Waals surface area contributed by atoms with Gasteiger partial charge in [-0.1, -0.05) is 18.2 Å². The summed E-state index contributed by atoms with van der Waals surface area (Å²) < 4.78 is 0. The van der Waals surface area contributed by atoms with Gasteiger partial charge in [0.2, 0.25) is 5.91 Å². The molecule has 0 spiro atoms. The monoisotopic (exact) mass is 340 g/mol. The lowest BCUT2D eigenvalue weighted by Crippen LogP contribution is -2.31. The molecule has 1 amide bonds. The molecule has 1 N–H and O–H groups in total. The number of anilines is 2. The number of amides is 1. The zero-order chi connectivity index (χ0) is 17.3. The third-order valence-corrected chi connectivity index (χ3v) is 4.88. The van der Waals surface area contributed by atoms with Gasteiger partial charge in [0.25, 0.3) is 0 Å². The maximum atomic E-state index is 12.4. The molecule has 0 saturated carbocycles. The van der Waals surface area contributed by atoms with Gasteiger partial charge in [0.05, 0.1) is 11.9 Å². The van der Waals surface area contributed by atoms with Crippen molar-refractivity contribution in [3.8, 4) is 0 Å². The molecule has 0 aliphatic rings. The van der Waals surface area contributed by atoms with E-state index >= 15 is 0 Å². The van der Waals surface area contributed by atoms with Crippen molar-refractivity contribution in [2.24, 2.45) is 0 Å². The summed E-state index contributed by atoms with van der Waals surface area (Å²) in [6.45, 7) is 6.27. The number of carbonyl (C=O) groups excluding carboxylic acids is 1. The molecule has 0 bridgehead atoms. The lowest BCUT2D eigenvalue weighted by molar-refractivity contribution is -0.114. The molecule has 24 heavy (non-hydrogen) atoms. The molecule has 5 nitrogen and oxygen atoms in total. The number of nitrogens with zero attached hydrogens (tertiary/aromatic N) is 3. The van der Waals surface area contributed by atoms with E-state index in [1.807, 2.05) is 50.9 Å². The van der Waals surface area contributed by atoms with Crippen molar-refractivity contribution < 1.29 is 4.79 Å². The van der Waals surface area contributed by atoms with Gasteiger partial charge >= 0.3 is 0 Å². The summed E-state index contributed by atoms with van der Waals surface area (Å²) in [5, 5.41) is 4.00. The van der Waals surface area contributed by atoms with Crippen LogP contribution in [0.15, 0.2) is 30.6 Å². The van der Waals surface area contributed by atoms with Crippen LogP contribution in [0.25, 0.3) is 10.2 Å². The van der Waals surface area contributed by atoms with Crippen molar-refractivity contribution in [1.29, 1.82) is 0 Å². The second kappa shape index (κ2) is 6.57. The van der Waals surface area contributed by atoms with Crippen molar-refractivity contribution in [2.75, 3.05) is 23.8 Å². The minimum atomic E-state index is -0.0615. The zero-order valence-electron chi connectivity index (χ0n) is 14.3. The molecular formula is C18H20N4OS. The first-order valence-electron chi connectivity index (χ1n) is 7.74. The lowest BCUT2D eigenvalue weighted by atomic mass is 10.1. The predicted octanol–water partition coefficient (Wildman–Crippen LogP) is 3.69. The number of aryl methyl sites for hydroxylation is 3. The Bertz CT molecular complexity index is 883. The van der Waals surface area contributed by atoms with E-state index < -0.39 is 0 Å². The summed E-state index contributed by atoms with van der Waals surface area (Å²) in [5.41, 5.74) is 3.00. The number of hydrogen-bond acceptors (Lipinski definition) is 5. The van der Waals surface area contributed by atoms with Crippen molar-refractivity contribution in [2.45, 2.75) is 20.8 Å². The number of aromatic nitrogens is 2. The molecule has 2 aromatic heterocycles. The molecule has 3 aromatic rings. The summed E-state index contributed by atoms with van der Waals surface area (Å²) in [4.78, 5) is 25.1. The van der Waals surface area contributed by atoms with Crippen molar-refractivity contribution in [3.05, 3.63) is 46.6 Å². The highest BCUT2D eigenvalue weighted by atomic mass is 32.1. The van der Waals surface area contributed by atoms with E-state index in [4.69, 9.17) is 0 Å². The van der Waals surface area contributed by atoms with E-state index in [0.29, 0.717) is 0 Å². The third-order valence-electron chi connectivity index (χ3n) is 3.92. The standard InChI is InChI=1S/C18H20N4OS/c1-11-6-5-7-12(2)16(11)21-15(23)9-22(4)17-14-8-13(3)24-18(14)20-10-19-17/h5-8,10H,9H2,1-4H3,(H,21,23). The molecule has 2 heterocycles. The fourth-order valence-corrected chi connectivity index (χ4v) is 3.59. The van der Waals surface area contributed by atoms with E-state index in [1.54, 1.807) is 17.7 Å². The summed E-state index contributed by atoms with van der Waals surface area (Å²) >= 11 is 1.63. The topological polar surface area (TPSA) is 58.1 Å². The van der Waals surface area contributed by atoms with Crippen LogP contribution in [0.2, 0.25) is 0 Å². The number of fused-ring (bicyclic) bond motifs is 1. The molecular weight excluding hydrogens is 320 g/mol. The molecule has 0 atom stereocenters. The number of likely N-dealkylation sites (N-methyl/N-ethyl adjacent to an activating group) is 1. The molecule has 1 aromatic carbocycles. The normalized spacial score (nSPS) is 10.8. The minimum Gasteiger partial charge on any atom is -0.350 e. The summed E-state index contributed by atoms with van der Waals surface area (Å²) in [6, 6.07) is 8.04. The van der Waals surface area contributed by atoms with Gasteiger partial charge in [0.15, 0.2) is 0 Å². The Morgan fingerprint density at radius 3 is 2.62 bits per heavy atom. The van der Waals surface area contributed by atoms with Gasteiger partial charge in [0.1, 0.15) is 17.0 Å². The maximum Gasteiger partial charge on any atom is 0.243 e. The summed E-state index contributed by atoms with van der Waals surface area (Å²) in [7, 11) is 1.87. The largest absolute Gasteiger partial charge is 0.350 e. The van der Waals surface area contributed by atoms with Crippen LogP contribution in [0.4, 0.5) is 11.5 Å². The molecule has 6 heteroatoms. The predicted molar refractivity (Wildman–Crippen MR) is 100.0 cm³/mol. The van der Waals surface area contributed by atoms with Crippen molar-refractivity contribution in [1.82, 2.24) is 9.97 Å². The second-order valence-electron chi connectivity index (χ2n) is 5.94. The smallest absolute Gasteiger partial charge is 0.243 e. The quantitative estimate of drug-likeness (QED) is 0.787. The first-order valence-corrected chi connectivity index (χ1v) is 8.55. The van der Waals surface area contributed by atoms with Gasteiger partial charge in [-0.25, -0.2) is 9.97 Å². The Morgan fingerprint density at radius 1 is 1.21 bits per heavy atom. The van der Waals surface area contributed by atoms with Gasteiger partial charge < -0.3 is 10.2 Å². The van der Waals surface area contributed by atoms with Crippen LogP contribution < -0.4 is 10.2 Å². The molecule has 0 saturated heterocycles. The Kier molecular flexibility index (Phi) is 4.49. The van der Waals surface area contributed by atoms with Gasteiger partial charge in [-0.15, -0.1) is 11.3 Å². The van der Waals surface area contributed by atoms with Crippen LogP contribution >= 0.6 is 11.3 Å². The summed E-state index contributed by atoms with van der Waals surface area (Å²) in [6.07, 6.45) is 1.55. The average molecular weight is 340 g/mol. The lowest BCUT2D eigenvalue weighted by Gasteiger charge is -2.19. The van der Waals surface area contributed by atoms with E-state index in [2.05, 4.69) is 21.4 Å². The first kappa shape index (κ1) is 16.4. The molecule has 0 fully saturated rings. The van der Waals surface area contributed by atoms with Crippen molar-refractivity contribution in [3.63, 3.8) is 0 Å². The Hall–Kier alpha value is -2.47. The van der Waals surface area contributed by atoms with Crippen LogP contribution in [0, 0.1) is 20.8 Å². The molecule has 0 aliphatic heterocycles. The van der Waals surface area contributed by atoms with E-state index in [0.717, 1.165) is 32.8 Å². The number of para-hydroxylation sites is 1. The molecule has 0 radical (unpaired) electrons. The fourth-order valence-electron chi connectivity index (χ4n) is 2.75. The zero-order valence-corrected chi connectivity index (χ0v) is 15.1. The number of thiophene rings is 1. The van der Waals surface area contributed by atoms with E-state index in [1.165, 1.54) is 4.88 Å². The molecule has 3 rings (SSSR count). The number of hydrogen-bond donors (Lipinski definition) is 1. The minimum absolute atomic E-state index is 0.0615. The second-order valence-corrected chi connectivity index (χ2v) is 7.18. The van der Waals surface area contributed by atoms with E-state index in [9.17, 15) is 4.79 Å². The molecule has 0 aliphatic carbocycles. The average Bonchev–Trinajstić information content (AvgIpc) is 2.91. The Balaban J connectivity index is 1.79. The number of nitrogens with one attached hydrogen (secondary N) is 1. The van der Waals surface area contributed by atoms with E-state index in [-0.39, 0.29) is 12.5 Å². The number of benzene rings is 1. The molecule has 0 unspecified atom stereocenters. The van der Waals surface area contributed by atoms with Crippen molar-refractivity contribution >= 4 is 39.0 Å². The first-order chi connectivity index (χ1) is 11.5. The number of carbonyl (C=O) groups is 1. The number of rotatable bonds is 4. The third kappa shape index (κ3) is 3.23. The Labute approximate surface area is 145 Å². The highest BCUT2D eigenvalue weighted by molar-refractivity contribution is 7.18. The van der Waals surface area contributed by atoms with Gasteiger partial charge in [-0.2, -0.15) is 0 Å². The highest BCUT2D eigenvalue weighted by Crippen LogP contribution is 2.29. The van der Waals surface area contributed by atoms with Crippen LogP contribution in [-0.4, -0.2) is 29.5 Å². The SMILES string of the molecule is Cc1cc2c(N(C)CC(=O)Nc3c(C)cccc3C)ncnc2s1. The van der Waals surface area contributed by atoms with Gasteiger partial charge in [-0.05, 0) is 38.0 Å².